The average molecular weight is 645 g/mol. The second-order valence-corrected chi connectivity index (χ2v) is 11.8. The van der Waals surface area contributed by atoms with Crippen LogP contribution in [0, 0.1) is 0 Å². The Labute approximate surface area is 281 Å². The normalized spacial score (nSPS) is 17.5. The maximum atomic E-state index is 12.8. The monoisotopic (exact) mass is 644 g/mol. The topological polar surface area (TPSA) is 105 Å². The van der Waals surface area contributed by atoms with Crippen LogP contribution in [0.3, 0.4) is 0 Å². The van der Waals surface area contributed by atoms with Gasteiger partial charge in [0.05, 0.1) is 18.8 Å². The van der Waals surface area contributed by atoms with Crippen molar-refractivity contribution in [2.24, 2.45) is 0 Å². The van der Waals surface area contributed by atoms with Crippen molar-refractivity contribution >= 4 is 17.4 Å². The number of hydrogen-bond donors (Lipinski definition) is 3. The van der Waals surface area contributed by atoms with Gasteiger partial charge in [0.25, 0.3) is 0 Å². The lowest BCUT2D eigenvalue weighted by molar-refractivity contribution is -0.252. The summed E-state index contributed by atoms with van der Waals surface area (Å²) in [5.41, 5.74) is 5.09. The number of benzene rings is 4. The highest BCUT2D eigenvalue weighted by atomic mass is 16.7. The van der Waals surface area contributed by atoms with Gasteiger partial charge in [-0.3, -0.25) is 4.98 Å². The van der Waals surface area contributed by atoms with Crippen LogP contribution in [0.2, 0.25) is 0 Å². The minimum Gasteiger partial charge on any atom is -0.457 e. The minimum atomic E-state index is -0.588. The fourth-order valence-corrected chi connectivity index (χ4v) is 5.57. The number of anilines is 2. The molecule has 2 heterocycles. The van der Waals surface area contributed by atoms with Crippen LogP contribution in [-0.4, -0.2) is 47.3 Å². The Morgan fingerprint density at radius 2 is 1.46 bits per heavy atom. The second-order valence-electron chi connectivity index (χ2n) is 11.8. The molecule has 5 aromatic rings. The van der Waals surface area contributed by atoms with Gasteiger partial charge in [-0.2, -0.15) is 0 Å². The van der Waals surface area contributed by atoms with Crippen LogP contribution in [-0.2, 0) is 22.5 Å². The third-order valence-electron chi connectivity index (χ3n) is 8.14. The minimum absolute atomic E-state index is 0.00433. The molecule has 1 saturated heterocycles. The first-order valence-corrected chi connectivity index (χ1v) is 16.1. The van der Waals surface area contributed by atoms with E-state index in [0.717, 1.165) is 47.6 Å². The number of carbonyl (C=O) groups is 1. The largest absolute Gasteiger partial charge is 0.457 e. The number of likely N-dealkylation sites (N-methyl/N-ethyl adjacent to an activating group) is 1. The Morgan fingerprint density at radius 1 is 0.812 bits per heavy atom. The number of aliphatic hydroxyl groups is 1. The summed E-state index contributed by atoms with van der Waals surface area (Å²) >= 11 is 0. The lowest BCUT2D eigenvalue weighted by Gasteiger charge is -2.38. The second kappa shape index (κ2) is 16.2. The van der Waals surface area contributed by atoms with Crippen molar-refractivity contribution in [3.05, 3.63) is 150 Å². The number of aromatic nitrogens is 1. The first-order valence-electron chi connectivity index (χ1n) is 16.1. The Hall–Kier alpha value is -5.06. The van der Waals surface area contributed by atoms with E-state index < -0.39 is 6.29 Å². The molecule has 4 aromatic carbocycles. The molecule has 48 heavy (non-hydrogen) atoms. The van der Waals surface area contributed by atoms with Gasteiger partial charge in [0.2, 0.25) is 0 Å². The van der Waals surface area contributed by atoms with Crippen LogP contribution in [0.5, 0.6) is 11.5 Å². The number of carbonyl (C=O) groups excluding carboxylic acids is 1. The van der Waals surface area contributed by atoms with Gasteiger partial charge >= 0.3 is 6.03 Å². The van der Waals surface area contributed by atoms with Crippen LogP contribution in [0.15, 0.2) is 128 Å². The number of amides is 2. The molecule has 0 unspecified atom stereocenters. The molecule has 1 aromatic heterocycles. The zero-order valence-electron chi connectivity index (χ0n) is 26.9. The van der Waals surface area contributed by atoms with Crippen LogP contribution in [0.4, 0.5) is 16.2 Å². The van der Waals surface area contributed by atoms with E-state index in [-0.39, 0.29) is 24.8 Å². The Balaban J connectivity index is 1.07. The van der Waals surface area contributed by atoms with E-state index in [2.05, 4.69) is 27.6 Å². The zero-order valence-corrected chi connectivity index (χ0v) is 26.9. The molecular weight excluding hydrogens is 604 g/mol. The standard InChI is InChI=1S/C39H40N4O5/c1-43(24-22-31-7-5-6-23-40-31)26-36-25-37(29-12-10-28(27-44)11-13-29)48-38(47-36)30-14-16-32(17-15-30)41-39(45)42-33-18-20-35(21-19-33)46-34-8-3-2-4-9-34/h2-21,23,36-38,44H,22,24-27H2,1H3,(H2,41,42,45)/t36-,37+,38+/m1/s1. The van der Waals surface area contributed by atoms with Crippen molar-refractivity contribution in [1.82, 2.24) is 9.88 Å². The van der Waals surface area contributed by atoms with Crippen molar-refractivity contribution in [3.8, 4) is 11.5 Å². The molecule has 9 heteroatoms. The lowest BCUT2D eigenvalue weighted by Crippen LogP contribution is -2.38. The molecule has 246 valence electrons. The third kappa shape index (κ3) is 9.27. The molecule has 9 nitrogen and oxygen atoms in total. The number of aliphatic hydroxyl groups excluding tert-OH is 1. The van der Waals surface area contributed by atoms with Crippen molar-refractivity contribution in [2.75, 3.05) is 30.8 Å². The number of rotatable bonds is 12. The first kappa shape index (κ1) is 32.9. The van der Waals surface area contributed by atoms with Gasteiger partial charge in [-0.05, 0) is 78.8 Å². The van der Waals surface area contributed by atoms with Crippen LogP contribution in [0.25, 0.3) is 0 Å². The van der Waals surface area contributed by atoms with Gasteiger partial charge in [0.1, 0.15) is 11.5 Å². The van der Waals surface area contributed by atoms with E-state index in [1.807, 2.05) is 103 Å². The quantitative estimate of drug-likeness (QED) is 0.128. The zero-order chi connectivity index (χ0) is 33.1. The van der Waals surface area contributed by atoms with Crippen LogP contribution < -0.4 is 15.4 Å². The van der Waals surface area contributed by atoms with E-state index in [4.69, 9.17) is 14.2 Å². The maximum Gasteiger partial charge on any atom is 0.323 e. The molecule has 0 aliphatic carbocycles. The van der Waals surface area contributed by atoms with E-state index in [1.165, 1.54) is 0 Å². The van der Waals surface area contributed by atoms with Gasteiger partial charge in [0, 0.05) is 54.8 Å². The summed E-state index contributed by atoms with van der Waals surface area (Å²) in [7, 11) is 2.10. The number of nitrogens with one attached hydrogen (secondary N) is 2. The highest BCUT2D eigenvalue weighted by Gasteiger charge is 2.32. The lowest BCUT2D eigenvalue weighted by atomic mass is 9.99. The highest BCUT2D eigenvalue weighted by molar-refractivity contribution is 5.99. The fraction of sp³-hybridized carbons (Fsp3) is 0.231. The Morgan fingerprint density at radius 3 is 2.12 bits per heavy atom. The Bertz CT molecular complexity index is 1720. The molecule has 0 radical (unpaired) electrons. The van der Waals surface area contributed by atoms with Gasteiger partial charge in [0.15, 0.2) is 6.29 Å². The van der Waals surface area contributed by atoms with Crippen molar-refractivity contribution in [1.29, 1.82) is 0 Å². The molecule has 0 bridgehead atoms. The van der Waals surface area contributed by atoms with E-state index in [0.29, 0.717) is 23.5 Å². The van der Waals surface area contributed by atoms with Crippen LogP contribution >= 0.6 is 0 Å². The molecule has 3 N–H and O–H groups in total. The molecule has 1 fully saturated rings. The summed E-state index contributed by atoms with van der Waals surface area (Å²) in [6.07, 6.45) is 2.53. The smallest absolute Gasteiger partial charge is 0.323 e. The predicted octanol–water partition coefficient (Wildman–Crippen LogP) is 7.73. The van der Waals surface area contributed by atoms with Crippen molar-refractivity contribution in [3.63, 3.8) is 0 Å². The summed E-state index contributed by atoms with van der Waals surface area (Å²) < 4.78 is 18.8. The van der Waals surface area contributed by atoms with E-state index >= 15 is 0 Å². The number of para-hydroxylation sites is 1. The average Bonchev–Trinajstić information content (AvgIpc) is 3.12. The number of nitrogens with zero attached hydrogens (tertiary/aromatic N) is 2. The summed E-state index contributed by atoms with van der Waals surface area (Å²) in [6, 6.07) is 37.7. The summed E-state index contributed by atoms with van der Waals surface area (Å²) in [5, 5.41) is 15.3. The number of ether oxygens (including phenoxy) is 3. The van der Waals surface area contributed by atoms with Crippen molar-refractivity contribution in [2.45, 2.75) is 37.9 Å². The number of urea groups is 1. The molecule has 3 atom stereocenters. The molecule has 0 saturated carbocycles. The van der Waals surface area contributed by atoms with Crippen LogP contribution in [0.1, 0.15) is 41.2 Å². The summed E-state index contributed by atoms with van der Waals surface area (Å²) in [6.45, 7) is 1.58. The van der Waals surface area contributed by atoms with Crippen molar-refractivity contribution < 1.29 is 24.1 Å². The molecular formula is C39H40N4O5. The third-order valence-corrected chi connectivity index (χ3v) is 8.14. The van der Waals surface area contributed by atoms with Gasteiger partial charge in [-0.1, -0.05) is 60.7 Å². The van der Waals surface area contributed by atoms with Gasteiger partial charge in [-0.25, -0.2) is 4.79 Å². The highest BCUT2D eigenvalue weighted by Crippen LogP contribution is 2.38. The summed E-state index contributed by atoms with van der Waals surface area (Å²) in [5.74, 6) is 1.42. The van der Waals surface area contributed by atoms with Gasteiger partial charge < -0.3 is 34.9 Å². The molecule has 6 rings (SSSR count). The molecule has 2 amide bonds. The Kier molecular flexibility index (Phi) is 11.1. The molecule has 1 aliphatic rings. The number of hydrogen-bond acceptors (Lipinski definition) is 7. The maximum absolute atomic E-state index is 12.8. The first-order chi connectivity index (χ1) is 23.5. The van der Waals surface area contributed by atoms with E-state index in [1.54, 1.807) is 24.3 Å². The molecule has 1 aliphatic heterocycles. The molecule has 0 spiro atoms. The fourth-order valence-electron chi connectivity index (χ4n) is 5.57. The summed E-state index contributed by atoms with van der Waals surface area (Å²) in [4.78, 5) is 19.5. The SMILES string of the molecule is CN(CCc1ccccn1)C[C@H]1C[C@@H](c2ccc(CO)cc2)O[C@@H](c2ccc(NC(=O)Nc3ccc(Oc4ccccc4)cc3)cc2)O1. The predicted molar refractivity (Wildman–Crippen MR) is 186 cm³/mol. The van der Waals surface area contributed by atoms with E-state index in [9.17, 15) is 9.90 Å². The van der Waals surface area contributed by atoms with Gasteiger partial charge in [-0.15, -0.1) is 0 Å². The number of pyridine rings is 1.